The smallest absolute Gasteiger partial charge is 0.161 e. The molecule has 1 N–H and O–H groups in total. The minimum Gasteiger partial charge on any atom is -0.486 e. The molecule has 2 aliphatic heterocycles. The molecular formula is C15H22N2O2. The molecule has 1 fully saturated rings. The average Bonchev–Trinajstić information content (AvgIpc) is 2.48. The van der Waals surface area contributed by atoms with Crippen molar-refractivity contribution in [1.29, 1.82) is 0 Å². The molecule has 104 valence electrons. The number of nitrogens with zero attached hydrogens (tertiary/aromatic N) is 1. The van der Waals surface area contributed by atoms with Gasteiger partial charge in [-0.15, -0.1) is 0 Å². The third-order valence-corrected chi connectivity index (χ3v) is 3.76. The van der Waals surface area contributed by atoms with E-state index in [1.807, 2.05) is 6.07 Å². The van der Waals surface area contributed by atoms with Crippen LogP contribution in [0.5, 0.6) is 11.5 Å². The van der Waals surface area contributed by atoms with Crippen molar-refractivity contribution in [1.82, 2.24) is 10.2 Å². The predicted octanol–water partition coefficient (Wildman–Crippen LogP) is 1.30. The van der Waals surface area contributed by atoms with Gasteiger partial charge in [0.05, 0.1) is 0 Å². The Labute approximate surface area is 114 Å². The monoisotopic (exact) mass is 262 g/mol. The number of benzene rings is 1. The summed E-state index contributed by atoms with van der Waals surface area (Å²) in [4.78, 5) is 2.54. The fraction of sp³-hybridized carbons (Fsp3) is 0.600. The molecule has 2 heterocycles. The zero-order valence-corrected chi connectivity index (χ0v) is 11.4. The van der Waals surface area contributed by atoms with Crippen LogP contribution in [0.3, 0.4) is 0 Å². The van der Waals surface area contributed by atoms with Crippen molar-refractivity contribution >= 4 is 0 Å². The third kappa shape index (κ3) is 3.39. The number of nitrogens with one attached hydrogen (secondary N) is 1. The molecule has 1 aromatic rings. The molecule has 0 aromatic heterocycles. The summed E-state index contributed by atoms with van der Waals surface area (Å²) in [6.45, 7) is 7.14. The molecule has 19 heavy (non-hydrogen) atoms. The van der Waals surface area contributed by atoms with Crippen LogP contribution < -0.4 is 14.8 Å². The summed E-state index contributed by atoms with van der Waals surface area (Å²) in [6, 6.07) is 6.33. The van der Waals surface area contributed by atoms with Crippen LogP contribution in [0, 0.1) is 0 Å². The van der Waals surface area contributed by atoms with Crippen molar-refractivity contribution in [2.24, 2.45) is 0 Å². The highest BCUT2D eigenvalue weighted by molar-refractivity contribution is 5.43. The van der Waals surface area contributed by atoms with Gasteiger partial charge in [0.25, 0.3) is 0 Å². The Morgan fingerprint density at radius 1 is 1.05 bits per heavy atom. The van der Waals surface area contributed by atoms with Crippen LogP contribution in [0.4, 0.5) is 0 Å². The summed E-state index contributed by atoms with van der Waals surface area (Å²) in [6.07, 6.45) is 2.32. The first-order chi connectivity index (χ1) is 9.42. The third-order valence-electron chi connectivity index (χ3n) is 3.76. The lowest BCUT2D eigenvalue weighted by Crippen LogP contribution is -2.43. The Bertz CT molecular complexity index is 417. The maximum absolute atomic E-state index is 5.62. The number of aryl methyl sites for hydroxylation is 1. The van der Waals surface area contributed by atoms with Gasteiger partial charge in [-0.05, 0) is 37.1 Å². The zero-order chi connectivity index (χ0) is 12.9. The first-order valence-corrected chi connectivity index (χ1v) is 7.23. The van der Waals surface area contributed by atoms with E-state index in [0.29, 0.717) is 13.2 Å². The van der Waals surface area contributed by atoms with E-state index < -0.39 is 0 Å². The quantitative estimate of drug-likeness (QED) is 0.887. The van der Waals surface area contributed by atoms with Crippen LogP contribution in [0.1, 0.15) is 12.0 Å². The second-order valence-electron chi connectivity index (χ2n) is 5.17. The van der Waals surface area contributed by atoms with Gasteiger partial charge in [0.1, 0.15) is 13.2 Å². The van der Waals surface area contributed by atoms with Gasteiger partial charge < -0.3 is 19.7 Å². The first-order valence-electron chi connectivity index (χ1n) is 7.23. The van der Waals surface area contributed by atoms with Crippen molar-refractivity contribution < 1.29 is 9.47 Å². The van der Waals surface area contributed by atoms with E-state index >= 15 is 0 Å². The van der Waals surface area contributed by atoms with Gasteiger partial charge in [0, 0.05) is 26.2 Å². The van der Waals surface area contributed by atoms with Crippen LogP contribution in [-0.4, -0.2) is 50.8 Å². The maximum Gasteiger partial charge on any atom is 0.161 e. The van der Waals surface area contributed by atoms with Crippen LogP contribution in [0.2, 0.25) is 0 Å². The van der Waals surface area contributed by atoms with Crippen LogP contribution in [0.25, 0.3) is 0 Å². The molecule has 0 amide bonds. The minimum atomic E-state index is 0.662. The fourth-order valence-electron chi connectivity index (χ4n) is 2.68. The standard InChI is InChI=1S/C15H22N2O2/c1(7-17-8-5-16-6-9-17)2-13-3-4-14-15(12-13)19-11-10-18-14/h3-4,12,16H,1-2,5-11H2. The summed E-state index contributed by atoms with van der Waals surface area (Å²) >= 11 is 0. The van der Waals surface area contributed by atoms with Crippen molar-refractivity contribution in [3.63, 3.8) is 0 Å². The van der Waals surface area contributed by atoms with E-state index in [9.17, 15) is 0 Å². The summed E-state index contributed by atoms with van der Waals surface area (Å²) in [5, 5.41) is 3.38. The summed E-state index contributed by atoms with van der Waals surface area (Å²) < 4.78 is 11.2. The van der Waals surface area contributed by atoms with Gasteiger partial charge in [-0.25, -0.2) is 0 Å². The van der Waals surface area contributed by atoms with Crippen molar-refractivity contribution in [3.05, 3.63) is 23.8 Å². The second kappa shape index (κ2) is 6.26. The highest BCUT2D eigenvalue weighted by atomic mass is 16.6. The number of fused-ring (bicyclic) bond motifs is 1. The van der Waals surface area contributed by atoms with Gasteiger partial charge in [0.15, 0.2) is 11.5 Å². The van der Waals surface area contributed by atoms with Gasteiger partial charge in [-0.2, -0.15) is 0 Å². The first kappa shape index (κ1) is 12.8. The van der Waals surface area contributed by atoms with Crippen LogP contribution in [0.15, 0.2) is 18.2 Å². The van der Waals surface area contributed by atoms with Gasteiger partial charge in [-0.3, -0.25) is 0 Å². The Balaban J connectivity index is 1.49. The van der Waals surface area contributed by atoms with Crippen LogP contribution >= 0.6 is 0 Å². The van der Waals surface area contributed by atoms with E-state index in [2.05, 4.69) is 22.3 Å². The molecule has 4 nitrogen and oxygen atoms in total. The minimum absolute atomic E-state index is 0.662. The Morgan fingerprint density at radius 2 is 1.84 bits per heavy atom. The molecule has 1 aromatic carbocycles. The maximum atomic E-state index is 5.62. The van der Waals surface area contributed by atoms with E-state index in [1.54, 1.807) is 0 Å². The molecule has 0 radical (unpaired) electrons. The molecule has 1 saturated heterocycles. The number of hydrogen-bond acceptors (Lipinski definition) is 4. The Kier molecular flexibility index (Phi) is 4.20. The molecule has 0 unspecified atom stereocenters. The predicted molar refractivity (Wildman–Crippen MR) is 75.1 cm³/mol. The topological polar surface area (TPSA) is 33.7 Å². The number of hydrogen-bond donors (Lipinski definition) is 1. The fourth-order valence-corrected chi connectivity index (χ4v) is 2.68. The van der Waals surface area contributed by atoms with Crippen molar-refractivity contribution in [2.45, 2.75) is 12.8 Å². The summed E-state index contributed by atoms with van der Waals surface area (Å²) in [5.41, 5.74) is 1.35. The molecule has 0 spiro atoms. The number of rotatable bonds is 4. The lowest BCUT2D eigenvalue weighted by Gasteiger charge is -2.27. The molecule has 0 aliphatic carbocycles. The summed E-state index contributed by atoms with van der Waals surface area (Å²) in [5.74, 6) is 1.79. The van der Waals surface area contributed by atoms with Crippen LogP contribution in [-0.2, 0) is 6.42 Å². The van der Waals surface area contributed by atoms with Gasteiger partial charge in [-0.1, -0.05) is 6.07 Å². The normalized spacial score (nSPS) is 19.4. The lowest BCUT2D eigenvalue weighted by molar-refractivity contribution is 0.171. The van der Waals surface area contributed by atoms with E-state index in [4.69, 9.17) is 9.47 Å². The van der Waals surface area contributed by atoms with E-state index in [-0.39, 0.29) is 0 Å². The van der Waals surface area contributed by atoms with Gasteiger partial charge >= 0.3 is 0 Å². The molecule has 0 bridgehead atoms. The highest BCUT2D eigenvalue weighted by Crippen LogP contribution is 2.31. The number of ether oxygens (including phenoxy) is 2. The summed E-state index contributed by atoms with van der Waals surface area (Å²) in [7, 11) is 0. The Morgan fingerprint density at radius 3 is 2.68 bits per heavy atom. The van der Waals surface area contributed by atoms with Gasteiger partial charge in [0.2, 0.25) is 0 Å². The van der Waals surface area contributed by atoms with Crippen molar-refractivity contribution in [2.75, 3.05) is 45.9 Å². The molecule has 0 atom stereocenters. The average molecular weight is 262 g/mol. The molecule has 0 saturated carbocycles. The highest BCUT2D eigenvalue weighted by Gasteiger charge is 2.12. The molecule has 4 heteroatoms. The molecule has 3 rings (SSSR count). The van der Waals surface area contributed by atoms with E-state index in [0.717, 1.165) is 31.0 Å². The second-order valence-corrected chi connectivity index (χ2v) is 5.17. The van der Waals surface area contributed by atoms with Crippen molar-refractivity contribution in [3.8, 4) is 11.5 Å². The largest absolute Gasteiger partial charge is 0.486 e. The van der Waals surface area contributed by atoms with E-state index in [1.165, 1.54) is 31.6 Å². The number of piperazine rings is 1. The SMILES string of the molecule is c1cc2c(cc1CCCN1CCNCC1)OCCO2. The molecular weight excluding hydrogens is 240 g/mol. The molecule has 2 aliphatic rings. The lowest BCUT2D eigenvalue weighted by atomic mass is 10.1. The zero-order valence-electron chi connectivity index (χ0n) is 11.4. The Hall–Kier alpha value is -1.26.